The third-order valence-corrected chi connectivity index (χ3v) is 2.61. The van der Waals surface area contributed by atoms with Crippen LogP contribution in [0.25, 0.3) is 0 Å². The molecule has 0 unspecified atom stereocenters. The van der Waals surface area contributed by atoms with E-state index >= 15 is 0 Å². The van der Waals surface area contributed by atoms with Gasteiger partial charge in [-0.3, -0.25) is 0 Å². The van der Waals surface area contributed by atoms with Gasteiger partial charge < -0.3 is 9.84 Å². The summed E-state index contributed by atoms with van der Waals surface area (Å²) in [6.07, 6.45) is 0.333. The molecule has 0 saturated carbocycles. The molecular weight excluding hydrogens is 245 g/mol. The Bertz CT molecular complexity index is 603. The summed E-state index contributed by atoms with van der Waals surface area (Å²) in [5, 5.41) is 17.4. The van der Waals surface area contributed by atoms with Gasteiger partial charge in [0.25, 0.3) is 0 Å². The van der Waals surface area contributed by atoms with Crippen LogP contribution in [0.4, 0.5) is 4.39 Å². The first-order valence-electron chi connectivity index (χ1n) is 5.76. The zero-order valence-electron chi connectivity index (χ0n) is 10.1. The molecule has 0 amide bonds. The number of aliphatic hydroxyl groups is 1. The molecule has 0 saturated heterocycles. The van der Waals surface area contributed by atoms with Gasteiger partial charge in [-0.15, -0.1) is 0 Å². The molecule has 2 aromatic carbocycles. The van der Waals surface area contributed by atoms with Crippen molar-refractivity contribution in [2.24, 2.45) is 0 Å². The van der Waals surface area contributed by atoms with Crippen molar-refractivity contribution in [3.8, 4) is 17.6 Å². The van der Waals surface area contributed by atoms with E-state index < -0.39 is 5.82 Å². The first-order valence-corrected chi connectivity index (χ1v) is 5.76. The minimum absolute atomic E-state index is 0.102. The molecule has 0 fully saturated rings. The highest BCUT2D eigenvalue weighted by atomic mass is 19.1. The summed E-state index contributed by atoms with van der Waals surface area (Å²) in [5.41, 5.74) is 1.38. The van der Waals surface area contributed by atoms with Crippen molar-refractivity contribution in [2.45, 2.75) is 13.0 Å². The number of ether oxygens (including phenoxy) is 1. The maximum Gasteiger partial charge on any atom is 0.166 e. The maximum absolute atomic E-state index is 13.6. The molecule has 0 atom stereocenters. The van der Waals surface area contributed by atoms with Gasteiger partial charge in [0.2, 0.25) is 0 Å². The van der Waals surface area contributed by atoms with E-state index in [1.54, 1.807) is 30.3 Å². The Morgan fingerprint density at radius 3 is 2.37 bits per heavy atom. The molecule has 0 aromatic heterocycles. The van der Waals surface area contributed by atoms with E-state index in [0.717, 1.165) is 5.56 Å². The predicted octanol–water partition coefficient (Wildman–Crippen LogP) is 3.18. The fraction of sp³-hybridized carbons (Fsp3) is 0.133. The molecule has 96 valence electrons. The normalized spacial score (nSPS) is 9.95. The second-order valence-electron chi connectivity index (χ2n) is 4.00. The Morgan fingerprint density at radius 1 is 1.11 bits per heavy atom. The zero-order valence-corrected chi connectivity index (χ0v) is 10.1. The van der Waals surface area contributed by atoms with E-state index in [2.05, 4.69) is 6.07 Å². The standard InChI is InChI=1S/C15H12FNO2/c16-14-9-12(10-18)3-6-15(14)19-13-4-1-11(2-5-13)7-8-17/h1-6,9,18H,7,10H2. The molecule has 1 N–H and O–H groups in total. The summed E-state index contributed by atoms with van der Waals surface area (Å²) in [6.45, 7) is -0.208. The number of aliphatic hydroxyl groups excluding tert-OH is 1. The molecule has 0 bridgehead atoms. The first kappa shape index (κ1) is 13.1. The largest absolute Gasteiger partial charge is 0.454 e. The molecule has 0 aliphatic rings. The van der Waals surface area contributed by atoms with Gasteiger partial charge in [-0.2, -0.15) is 5.26 Å². The van der Waals surface area contributed by atoms with Crippen LogP contribution in [-0.2, 0) is 13.0 Å². The van der Waals surface area contributed by atoms with Crippen molar-refractivity contribution in [1.29, 1.82) is 5.26 Å². The molecule has 2 aromatic rings. The van der Waals surface area contributed by atoms with E-state index in [1.807, 2.05) is 0 Å². The zero-order chi connectivity index (χ0) is 13.7. The summed E-state index contributed by atoms with van der Waals surface area (Å²) >= 11 is 0. The number of benzene rings is 2. The lowest BCUT2D eigenvalue weighted by atomic mass is 10.1. The van der Waals surface area contributed by atoms with E-state index in [1.165, 1.54) is 12.1 Å². The monoisotopic (exact) mass is 257 g/mol. The maximum atomic E-state index is 13.6. The minimum Gasteiger partial charge on any atom is -0.454 e. The first-order chi connectivity index (χ1) is 9.22. The van der Waals surface area contributed by atoms with Crippen molar-refractivity contribution in [3.63, 3.8) is 0 Å². The Kier molecular flexibility index (Phi) is 4.11. The van der Waals surface area contributed by atoms with Crippen LogP contribution in [-0.4, -0.2) is 5.11 Å². The summed E-state index contributed by atoms with van der Waals surface area (Å²) in [7, 11) is 0. The quantitative estimate of drug-likeness (QED) is 0.915. The van der Waals surface area contributed by atoms with Crippen molar-refractivity contribution >= 4 is 0 Å². The van der Waals surface area contributed by atoms with Crippen LogP contribution in [0.2, 0.25) is 0 Å². The predicted molar refractivity (Wildman–Crippen MR) is 68.2 cm³/mol. The van der Waals surface area contributed by atoms with Gasteiger partial charge in [0.15, 0.2) is 11.6 Å². The molecule has 0 radical (unpaired) electrons. The van der Waals surface area contributed by atoms with E-state index in [4.69, 9.17) is 15.1 Å². The summed E-state index contributed by atoms with van der Waals surface area (Å²) < 4.78 is 19.0. The second kappa shape index (κ2) is 5.98. The molecule has 0 spiro atoms. The number of hydrogen-bond donors (Lipinski definition) is 1. The van der Waals surface area contributed by atoms with Crippen LogP contribution in [0.5, 0.6) is 11.5 Å². The molecular formula is C15H12FNO2. The third-order valence-electron chi connectivity index (χ3n) is 2.61. The number of hydrogen-bond acceptors (Lipinski definition) is 3. The molecule has 0 heterocycles. The van der Waals surface area contributed by atoms with Crippen LogP contribution < -0.4 is 4.74 Å². The fourth-order valence-corrected chi connectivity index (χ4v) is 1.62. The number of nitrogens with zero attached hydrogens (tertiary/aromatic N) is 1. The Morgan fingerprint density at radius 2 is 1.79 bits per heavy atom. The lowest BCUT2D eigenvalue weighted by Gasteiger charge is -2.08. The SMILES string of the molecule is N#CCc1ccc(Oc2ccc(CO)cc2F)cc1. The number of halogens is 1. The lowest BCUT2D eigenvalue weighted by Crippen LogP contribution is -1.91. The van der Waals surface area contributed by atoms with E-state index in [0.29, 0.717) is 17.7 Å². The van der Waals surface area contributed by atoms with Crippen LogP contribution in [0, 0.1) is 17.1 Å². The second-order valence-corrected chi connectivity index (χ2v) is 4.00. The Hall–Kier alpha value is -2.38. The molecule has 2 rings (SSSR count). The highest BCUT2D eigenvalue weighted by molar-refractivity contribution is 5.36. The van der Waals surface area contributed by atoms with Crippen LogP contribution in [0.3, 0.4) is 0 Å². The van der Waals surface area contributed by atoms with E-state index in [9.17, 15) is 4.39 Å². The van der Waals surface area contributed by atoms with E-state index in [-0.39, 0.29) is 12.4 Å². The van der Waals surface area contributed by atoms with Gasteiger partial charge in [-0.05, 0) is 35.4 Å². The smallest absolute Gasteiger partial charge is 0.166 e. The van der Waals surface area contributed by atoms with Gasteiger partial charge in [-0.25, -0.2) is 4.39 Å². The highest BCUT2D eigenvalue weighted by Gasteiger charge is 2.06. The van der Waals surface area contributed by atoms with Crippen molar-refractivity contribution in [1.82, 2.24) is 0 Å². The van der Waals surface area contributed by atoms with Gasteiger partial charge >= 0.3 is 0 Å². The molecule has 0 aliphatic heterocycles. The van der Waals surface area contributed by atoms with Crippen LogP contribution in [0.1, 0.15) is 11.1 Å². The molecule has 0 aliphatic carbocycles. The average Bonchev–Trinajstić information content (AvgIpc) is 2.43. The average molecular weight is 257 g/mol. The highest BCUT2D eigenvalue weighted by Crippen LogP contribution is 2.25. The van der Waals surface area contributed by atoms with Crippen molar-refractivity contribution in [3.05, 3.63) is 59.4 Å². The molecule has 4 heteroatoms. The molecule has 3 nitrogen and oxygen atoms in total. The lowest BCUT2D eigenvalue weighted by molar-refractivity contribution is 0.281. The van der Waals surface area contributed by atoms with Gasteiger partial charge in [-0.1, -0.05) is 18.2 Å². The fourth-order valence-electron chi connectivity index (χ4n) is 1.62. The van der Waals surface area contributed by atoms with Crippen molar-refractivity contribution < 1.29 is 14.2 Å². The summed E-state index contributed by atoms with van der Waals surface area (Å²) in [6, 6.07) is 13.3. The van der Waals surface area contributed by atoms with Crippen LogP contribution in [0.15, 0.2) is 42.5 Å². The number of rotatable bonds is 4. The Labute approximate surface area is 110 Å². The van der Waals surface area contributed by atoms with Gasteiger partial charge in [0.1, 0.15) is 5.75 Å². The van der Waals surface area contributed by atoms with Gasteiger partial charge in [0, 0.05) is 0 Å². The number of nitriles is 1. The summed E-state index contributed by atoms with van der Waals surface area (Å²) in [4.78, 5) is 0. The van der Waals surface area contributed by atoms with Gasteiger partial charge in [0.05, 0.1) is 19.1 Å². The third kappa shape index (κ3) is 3.30. The van der Waals surface area contributed by atoms with Crippen LogP contribution >= 0.6 is 0 Å². The molecule has 19 heavy (non-hydrogen) atoms. The topological polar surface area (TPSA) is 53.2 Å². The van der Waals surface area contributed by atoms with Crippen molar-refractivity contribution in [2.75, 3.05) is 0 Å². The minimum atomic E-state index is -0.521. The Balaban J connectivity index is 2.15. The summed E-state index contributed by atoms with van der Waals surface area (Å²) in [5.74, 6) is 0.0789.